The summed E-state index contributed by atoms with van der Waals surface area (Å²) >= 11 is 0. The van der Waals surface area contributed by atoms with Crippen LogP contribution in [0.15, 0.2) is 12.1 Å². The number of fused-ring (bicyclic) bond motifs is 1. The minimum Gasteiger partial charge on any atom is -0.508 e. The van der Waals surface area contributed by atoms with Crippen molar-refractivity contribution >= 4 is 11.8 Å². The number of hydrogen-bond donors (Lipinski definition) is 2. The fourth-order valence-corrected chi connectivity index (χ4v) is 2.58. The molecule has 2 rings (SSSR count). The summed E-state index contributed by atoms with van der Waals surface area (Å²) in [6, 6.07) is 2.42. The second-order valence-corrected chi connectivity index (χ2v) is 5.53. The maximum atomic E-state index is 12.2. The molecule has 5 nitrogen and oxygen atoms in total. The lowest BCUT2D eigenvalue weighted by Crippen LogP contribution is -2.18. The number of carbonyl (C=O) groups excluding carboxylic acids is 2. The number of Topliss-reactive ketones (excluding diaryl/α,β-unsaturated/α-hetero) is 1. The highest BCUT2D eigenvalue weighted by molar-refractivity contribution is 5.96. The van der Waals surface area contributed by atoms with Gasteiger partial charge in [0.1, 0.15) is 22.8 Å². The highest BCUT2D eigenvalue weighted by Crippen LogP contribution is 2.29. The average Bonchev–Trinajstić information content (AvgIpc) is 2.35. The second kappa shape index (κ2) is 6.61. The number of phenolic OH excluding ortho intramolecular Hbond substituents is 2. The number of hydrogen-bond acceptors (Lipinski definition) is 5. The fraction of sp³-hybridized carbons (Fsp3) is 0.500. The van der Waals surface area contributed by atoms with E-state index >= 15 is 0 Å². The Hall–Kier alpha value is -2.04. The van der Waals surface area contributed by atoms with Crippen molar-refractivity contribution in [1.29, 1.82) is 0 Å². The third-order valence-corrected chi connectivity index (χ3v) is 3.65. The number of rotatable bonds is 0. The molecular weight excluding hydrogens is 272 g/mol. The number of cyclic esters (lactones) is 1. The summed E-state index contributed by atoms with van der Waals surface area (Å²) in [5.74, 6) is -1.19. The zero-order valence-corrected chi connectivity index (χ0v) is 12.1. The number of phenols is 2. The molecule has 1 aromatic rings. The first-order valence-electron chi connectivity index (χ1n) is 7.25. The van der Waals surface area contributed by atoms with Gasteiger partial charge in [-0.15, -0.1) is 0 Å². The van der Waals surface area contributed by atoms with Crippen molar-refractivity contribution < 1.29 is 24.5 Å². The van der Waals surface area contributed by atoms with Gasteiger partial charge in [-0.05, 0) is 37.8 Å². The van der Waals surface area contributed by atoms with Crippen molar-refractivity contribution in [3.05, 3.63) is 23.3 Å². The van der Waals surface area contributed by atoms with Gasteiger partial charge < -0.3 is 14.9 Å². The summed E-state index contributed by atoms with van der Waals surface area (Å²) in [6.07, 6.45) is 3.57. The predicted molar refractivity (Wildman–Crippen MR) is 76.4 cm³/mol. The van der Waals surface area contributed by atoms with Gasteiger partial charge in [-0.25, -0.2) is 4.79 Å². The number of ether oxygens (including phenoxy) is 1. The van der Waals surface area contributed by atoms with E-state index < -0.39 is 5.97 Å². The largest absolute Gasteiger partial charge is 0.508 e. The van der Waals surface area contributed by atoms with E-state index in [-0.39, 0.29) is 35.4 Å². The Balaban J connectivity index is 2.39. The van der Waals surface area contributed by atoms with Crippen molar-refractivity contribution in [2.24, 2.45) is 0 Å². The third-order valence-electron chi connectivity index (χ3n) is 3.65. The van der Waals surface area contributed by atoms with E-state index in [0.29, 0.717) is 12.0 Å². The molecule has 2 N–H and O–H groups in total. The van der Waals surface area contributed by atoms with Gasteiger partial charge in [-0.3, -0.25) is 4.79 Å². The summed E-state index contributed by atoms with van der Waals surface area (Å²) in [5.41, 5.74) is 0.295. The van der Waals surface area contributed by atoms with Gasteiger partial charge >= 0.3 is 5.97 Å². The standard InChI is InChI=1S/C16H20O5/c1-10-5-3-2-4-6-12(17)7-11-8-13(18)9-14(19)15(11)16(20)21-10/h8-10,18-19H,2-7H2,1H3. The van der Waals surface area contributed by atoms with Crippen molar-refractivity contribution in [2.45, 2.75) is 51.6 Å². The molecule has 21 heavy (non-hydrogen) atoms. The van der Waals surface area contributed by atoms with E-state index in [9.17, 15) is 19.8 Å². The van der Waals surface area contributed by atoms with Crippen LogP contribution in [0.4, 0.5) is 0 Å². The van der Waals surface area contributed by atoms with Gasteiger partial charge in [0, 0.05) is 18.9 Å². The van der Waals surface area contributed by atoms with E-state index in [2.05, 4.69) is 0 Å². The Labute approximate surface area is 123 Å². The summed E-state index contributed by atoms with van der Waals surface area (Å²) in [7, 11) is 0. The van der Waals surface area contributed by atoms with E-state index in [1.165, 1.54) is 6.07 Å². The molecule has 1 aromatic carbocycles. The number of carbonyl (C=O) groups is 2. The van der Waals surface area contributed by atoms with Gasteiger partial charge in [0.25, 0.3) is 0 Å². The van der Waals surface area contributed by atoms with Gasteiger partial charge in [0.15, 0.2) is 0 Å². The van der Waals surface area contributed by atoms with E-state index in [1.807, 2.05) is 6.92 Å². The van der Waals surface area contributed by atoms with E-state index in [0.717, 1.165) is 31.7 Å². The smallest absolute Gasteiger partial charge is 0.342 e. The van der Waals surface area contributed by atoms with Crippen LogP contribution in [0.2, 0.25) is 0 Å². The number of benzene rings is 1. The first kappa shape index (κ1) is 15.4. The molecule has 0 aliphatic carbocycles. The number of esters is 1. The summed E-state index contributed by atoms with van der Waals surface area (Å²) in [5, 5.41) is 19.5. The van der Waals surface area contributed by atoms with Crippen molar-refractivity contribution in [3.8, 4) is 11.5 Å². The maximum Gasteiger partial charge on any atom is 0.342 e. The number of aromatic hydroxyl groups is 2. The summed E-state index contributed by atoms with van der Waals surface area (Å²) in [6.45, 7) is 1.81. The lowest BCUT2D eigenvalue weighted by atomic mass is 9.97. The fourth-order valence-electron chi connectivity index (χ4n) is 2.58. The Kier molecular flexibility index (Phi) is 4.83. The van der Waals surface area contributed by atoms with Crippen molar-refractivity contribution in [2.75, 3.05) is 0 Å². The zero-order valence-electron chi connectivity index (χ0n) is 12.1. The van der Waals surface area contributed by atoms with Crippen LogP contribution in [-0.4, -0.2) is 28.1 Å². The van der Waals surface area contributed by atoms with Crippen molar-refractivity contribution in [1.82, 2.24) is 0 Å². The van der Waals surface area contributed by atoms with Crippen LogP contribution in [0.5, 0.6) is 11.5 Å². The van der Waals surface area contributed by atoms with Crippen LogP contribution < -0.4 is 0 Å². The minimum absolute atomic E-state index is 0.0114. The molecule has 0 saturated carbocycles. The third kappa shape index (κ3) is 3.97. The molecule has 0 radical (unpaired) electrons. The Morgan fingerprint density at radius 2 is 1.90 bits per heavy atom. The van der Waals surface area contributed by atoms with E-state index in [1.54, 1.807) is 0 Å². The molecule has 0 fully saturated rings. The molecule has 0 aromatic heterocycles. The van der Waals surface area contributed by atoms with E-state index in [4.69, 9.17) is 4.74 Å². The molecule has 1 heterocycles. The molecule has 1 aliphatic heterocycles. The van der Waals surface area contributed by atoms with Gasteiger partial charge in [0.05, 0.1) is 6.10 Å². The van der Waals surface area contributed by atoms with Gasteiger partial charge in [-0.2, -0.15) is 0 Å². The first-order valence-corrected chi connectivity index (χ1v) is 7.25. The molecule has 0 saturated heterocycles. The Morgan fingerprint density at radius 3 is 2.67 bits per heavy atom. The Morgan fingerprint density at radius 1 is 1.14 bits per heavy atom. The van der Waals surface area contributed by atoms with Crippen LogP contribution in [0.1, 0.15) is 54.9 Å². The topological polar surface area (TPSA) is 83.8 Å². The molecule has 1 atom stereocenters. The highest BCUT2D eigenvalue weighted by Gasteiger charge is 2.23. The summed E-state index contributed by atoms with van der Waals surface area (Å²) < 4.78 is 5.31. The van der Waals surface area contributed by atoms with Crippen LogP contribution >= 0.6 is 0 Å². The number of ketones is 1. The molecular formula is C16H20O5. The first-order chi connectivity index (χ1) is 9.97. The van der Waals surface area contributed by atoms with Gasteiger partial charge in [-0.1, -0.05) is 6.42 Å². The zero-order chi connectivity index (χ0) is 15.4. The molecule has 1 unspecified atom stereocenters. The monoisotopic (exact) mass is 292 g/mol. The van der Waals surface area contributed by atoms with Crippen LogP contribution in [0, 0.1) is 0 Å². The second-order valence-electron chi connectivity index (χ2n) is 5.53. The predicted octanol–water partition coefficient (Wildman–Crippen LogP) is 2.72. The molecule has 0 bridgehead atoms. The van der Waals surface area contributed by atoms with Crippen molar-refractivity contribution in [3.63, 3.8) is 0 Å². The molecule has 114 valence electrons. The maximum absolute atomic E-state index is 12.2. The normalized spacial score (nSPS) is 20.9. The van der Waals surface area contributed by atoms with Crippen LogP contribution in [0.3, 0.4) is 0 Å². The molecule has 0 amide bonds. The lowest BCUT2D eigenvalue weighted by molar-refractivity contribution is -0.118. The Bertz CT molecular complexity index is 550. The summed E-state index contributed by atoms with van der Waals surface area (Å²) in [4.78, 5) is 24.1. The highest BCUT2D eigenvalue weighted by atomic mass is 16.5. The SMILES string of the molecule is CC1CCCCCC(=O)Cc2cc(O)cc(O)c2C(=O)O1. The minimum atomic E-state index is -0.650. The lowest BCUT2D eigenvalue weighted by Gasteiger charge is -2.17. The van der Waals surface area contributed by atoms with Crippen LogP contribution in [0.25, 0.3) is 0 Å². The molecule has 1 aliphatic rings. The molecule has 5 heteroatoms. The average molecular weight is 292 g/mol. The molecule has 0 spiro atoms. The van der Waals surface area contributed by atoms with Crippen LogP contribution in [-0.2, 0) is 16.0 Å². The van der Waals surface area contributed by atoms with Gasteiger partial charge in [0.2, 0.25) is 0 Å². The quantitative estimate of drug-likeness (QED) is 0.718.